The minimum absolute atomic E-state index is 0.0910. The molecule has 0 spiro atoms. The van der Waals surface area contributed by atoms with Crippen LogP contribution in [0.15, 0.2) is 65.6 Å². The summed E-state index contributed by atoms with van der Waals surface area (Å²) in [6.07, 6.45) is 0.609. The number of pyridine rings is 1. The van der Waals surface area contributed by atoms with Crippen molar-refractivity contribution in [2.45, 2.75) is 38.8 Å². The van der Waals surface area contributed by atoms with Crippen LogP contribution in [0.25, 0.3) is 16.7 Å². The molecule has 4 aromatic rings. The van der Waals surface area contributed by atoms with Gasteiger partial charge in [0.15, 0.2) is 5.65 Å². The Morgan fingerprint density at radius 3 is 2.42 bits per heavy atom. The minimum Gasteiger partial charge on any atom is -0.444 e. The van der Waals surface area contributed by atoms with E-state index in [4.69, 9.17) is 16.3 Å². The Morgan fingerprint density at radius 2 is 1.78 bits per heavy atom. The number of carbonyl (C=O) groups excluding carboxylic acids is 1. The van der Waals surface area contributed by atoms with E-state index in [0.717, 1.165) is 18.2 Å². The molecule has 7 nitrogen and oxygen atoms in total. The van der Waals surface area contributed by atoms with Crippen LogP contribution in [-0.4, -0.2) is 26.2 Å². The second-order valence-electron chi connectivity index (χ2n) is 9.14. The normalized spacial score (nSPS) is 12.4. The number of nitrogens with one attached hydrogen (secondary N) is 1. The molecule has 0 radical (unpaired) electrons. The summed E-state index contributed by atoms with van der Waals surface area (Å²) in [7, 11) is 0. The number of alkyl carbamates (subject to hydrolysis) is 1. The molecule has 0 fully saturated rings. The van der Waals surface area contributed by atoms with Gasteiger partial charge in [-0.25, -0.2) is 23.5 Å². The van der Waals surface area contributed by atoms with Crippen LogP contribution in [0.2, 0.25) is 5.02 Å². The number of benzene rings is 2. The number of halogens is 3. The first kappa shape index (κ1) is 25.2. The molecular weight excluding hydrogens is 490 g/mol. The molecule has 2 aromatic heterocycles. The van der Waals surface area contributed by atoms with Crippen molar-refractivity contribution in [3.63, 3.8) is 0 Å². The van der Waals surface area contributed by atoms with E-state index in [2.05, 4.69) is 15.3 Å². The first-order valence-corrected chi connectivity index (χ1v) is 11.5. The first-order chi connectivity index (χ1) is 17.0. The molecule has 0 aliphatic rings. The monoisotopic (exact) mass is 512 g/mol. The number of nitrogens with zero attached hydrogens (tertiary/aromatic N) is 3. The van der Waals surface area contributed by atoms with Crippen LogP contribution in [0.4, 0.5) is 13.6 Å². The van der Waals surface area contributed by atoms with Crippen LogP contribution in [0.3, 0.4) is 0 Å². The number of hydrogen-bond donors (Lipinski definition) is 1. The number of amides is 1. The van der Waals surface area contributed by atoms with E-state index < -0.39 is 34.9 Å². The molecule has 0 aliphatic heterocycles. The predicted molar refractivity (Wildman–Crippen MR) is 132 cm³/mol. The third-order valence-corrected chi connectivity index (χ3v) is 5.37. The maximum Gasteiger partial charge on any atom is 0.408 e. The lowest BCUT2D eigenvalue weighted by Crippen LogP contribution is -2.39. The van der Waals surface area contributed by atoms with Gasteiger partial charge in [-0.1, -0.05) is 11.6 Å². The van der Waals surface area contributed by atoms with Crippen molar-refractivity contribution in [3.05, 3.63) is 99.2 Å². The summed E-state index contributed by atoms with van der Waals surface area (Å²) in [6.45, 7) is 5.10. The van der Waals surface area contributed by atoms with Gasteiger partial charge in [0, 0.05) is 23.7 Å². The van der Waals surface area contributed by atoms with Gasteiger partial charge in [0.25, 0.3) is 5.56 Å². The van der Waals surface area contributed by atoms with E-state index in [0.29, 0.717) is 10.7 Å². The molecule has 1 unspecified atom stereocenters. The highest BCUT2D eigenvalue weighted by atomic mass is 35.5. The van der Waals surface area contributed by atoms with Crippen LogP contribution in [0.5, 0.6) is 0 Å². The summed E-state index contributed by atoms with van der Waals surface area (Å²) in [5, 5.41) is 3.42. The topological polar surface area (TPSA) is 86.1 Å². The zero-order valence-electron chi connectivity index (χ0n) is 19.8. The molecule has 1 atom stereocenters. The second kappa shape index (κ2) is 10.0. The third kappa shape index (κ3) is 5.85. The number of ether oxygens (including phenoxy) is 1. The van der Waals surface area contributed by atoms with Gasteiger partial charge in [-0.3, -0.25) is 9.36 Å². The molecule has 36 heavy (non-hydrogen) atoms. The van der Waals surface area contributed by atoms with Gasteiger partial charge in [-0.2, -0.15) is 0 Å². The van der Waals surface area contributed by atoms with E-state index >= 15 is 0 Å². The van der Waals surface area contributed by atoms with E-state index in [1.54, 1.807) is 57.2 Å². The van der Waals surface area contributed by atoms with Crippen LogP contribution < -0.4 is 10.9 Å². The largest absolute Gasteiger partial charge is 0.444 e. The fourth-order valence-electron chi connectivity index (χ4n) is 3.73. The number of hydrogen-bond acceptors (Lipinski definition) is 5. The number of aromatic nitrogens is 3. The van der Waals surface area contributed by atoms with Crippen molar-refractivity contribution in [2.75, 3.05) is 0 Å². The summed E-state index contributed by atoms with van der Waals surface area (Å²) < 4.78 is 34.7. The van der Waals surface area contributed by atoms with E-state index in [9.17, 15) is 18.4 Å². The first-order valence-electron chi connectivity index (χ1n) is 11.1. The maximum atomic E-state index is 14.0. The average Bonchev–Trinajstić information content (AvgIpc) is 2.77. The molecule has 1 amide bonds. The zero-order valence-corrected chi connectivity index (χ0v) is 20.5. The molecule has 2 aromatic carbocycles. The van der Waals surface area contributed by atoms with Crippen molar-refractivity contribution in [1.82, 2.24) is 19.9 Å². The van der Waals surface area contributed by atoms with Gasteiger partial charge >= 0.3 is 6.09 Å². The third-order valence-electron chi connectivity index (χ3n) is 5.12. The van der Waals surface area contributed by atoms with Gasteiger partial charge in [0.2, 0.25) is 0 Å². The number of rotatable bonds is 5. The predicted octanol–water partition coefficient (Wildman–Crippen LogP) is 5.52. The molecule has 0 saturated carbocycles. The standard InChI is InChI=1S/C26H23ClF2N4O3/c1-26(2,3)36-25(35)31-21(13-15-11-17(28)14-18(29)12-15)23-32-22-20(5-4-10-30-22)24(34)33(23)19-8-6-16(27)7-9-19/h4-12,14,21H,13H2,1-3H3,(H,31,35). The SMILES string of the molecule is CC(C)(C)OC(=O)NC(Cc1cc(F)cc(F)c1)c1nc2ncccc2c(=O)n1-c1ccc(Cl)cc1. The highest BCUT2D eigenvalue weighted by Gasteiger charge is 2.26. The minimum atomic E-state index is -1.02. The van der Waals surface area contributed by atoms with Crippen molar-refractivity contribution in [1.29, 1.82) is 0 Å². The van der Waals surface area contributed by atoms with Crippen LogP contribution in [0, 0.1) is 11.6 Å². The van der Waals surface area contributed by atoms with Crippen molar-refractivity contribution in [3.8, 4) is 5.69 Å². The van der Waals surface area contributed by atoms with Gasteiger partial charge in [-0.15, -0.1) is 0 Å². The van der Waals surface area contributed by atoms with E-state index in [1.165, 1.54) is 10.8 Å². The fourth-order valence-corrected chi connectivity index (χ4v) is 3.86. The Bertz CT molecular complexity index is 1460. The summed E-state index contributed by atoms with van der Waals surface area (Å²) >= 11 is 6.05. The van der Waals surface area contributed by atoms with Crippen LogP contribution >= 0.6 is 11.6 Å². The Balaban J connectivity index is 1.92. The molecular formula is C26H23ClF2N4O3. The number of fused-ring (bicyclic) bond motifs is 1. The quantitative estimate of drug-likeness (QED) is 0.380. The smallest absolute Gasteiger partial charge is 0.408 e. The fraction of sp³-hybridized carbons (Fsp3) is 0.231. The lowest BCUT2D eigenvalue weighted by Gasteiger charge is -2.25. The van der Waals surface area contributed by atoms with Crippen molar-refractivity contribution < 1.29 is 18.3 Å². The Morgan fingerprint density at radius 1 is 1.11 bits per heavy atom. The average molecular weight is 513 g/mol. The Hall–Kier alpha value is -3.85. The molecule has 0 saturated heterocycles. The Labute approximate surface area is 210 Å². The summed E-state index contributed by atoms with van der Waals surface area (Å²) in [6, 6.07) is 11.7. The van der Waals surface area contributed by atoms with E-state index in [-0.39, 0.29) is 28.8 Å². The molecule has 0 aliphatic carbocycles. The lowest BCUT2D eigenvalue weighted by atomic mass is 10.0. The molecule has 0 bridgehead atoms. The molecule has 1 N–H and O–H groups in total. The molecule has 2 heterocycles. The van der Waals surface area contributed by atoms with Gasteiger partial charge in [-0.05, 0) is 74.9 Å². The second-order valence-corrected chi connectivity index (χ2v) is 9.58. The van der Waals surface area contributed by atoms with E-state index in [1.807, 2.05) is 0 Å². The summed E-state index contributed by atoms with van der Waals surface area (Å²) in [5.74, 6) is -1.45. The van der Waals surface area contributed by atoms with Gasteiger partial charge in [0.05, 0.1) is 17.1 Å². The highest BCUT2D eigenvalue weighted by Crippen LogP contribution is 2.24. The lowest BCUT2D eigenvalue weighted by molar-refractivity contribution is 0.0500. The molecule has 186 valence electrons. The van der Waals surface area contributed by atoms with Gasteiger partial charge in [0.1, 0.15) is 23.1 Å². The molecule has 4 rings (SSSR count). The summed E-state index contributed by atoms with van der Waals surface area (Å²) in [5.41, 5.74) is -0.421. The van der Waals surface area contributed by atoms with Crippen molar-refractivity contribution in [2.24, 2.45) is 0 Å². The van der Waals surface area contributed by atoms with Crippen LogP contribution in [-0.2, 0) is 11.2 Å². The highest BCUT2D eigenvalue weighted by molar-refractivity contribution is 6.30. The zero-order chi connectivity index (χ0) is 26.0. The summed E-state index contributed by atoms with van der Waals surface area (Å²) in [4.78, 5) is 35.2. The maximum absolute atomic E-state index is 14.0. The van der Waals surface area contributed by atoms with Crippen molar-refractivity contribution >= 4 is 28.7 Å². The van der Waals surface area contributed by atoms with Gasteiger partial charge < -0.3 is 10.1 Å². The van der Waals surface area contributed by atoms with Crippen LogP contribution in [0.1, 0.15) is 38.2 Å². The Kier molecular flexibility index (Phi) is 7.03. The molecule has 10 heteroatoms. The number of carbonyl (C=O) groups is 1.